The predicted octanol–water partition coefficient (Wildman–Crippen LogP) is 3.92. The second kappa shape index (κ2) is 6.98. The van der Waals surface area contributed by atoms with Gasteiger partial charge in [0.1, 0.15) is 11.5 Å². The van der Waals surface area contributed by atoms with Crippen molar-refractivity contribution in [1.82, 2.24) is 0 Å². The van der Waals surface area contributed by atoms with Crippen LogP contribution in [0.3, 0.4) is 0 Å². The summed E-state index contributed by atoms with van der Waals surface area (Å²) in [4.78, 5) is 0. The first-order valence-corrected chi connectivity index (χ1v) is 6.54. The van der Waals surface area contributed by atoms with Gasteiger partial charge in [-0.15, -0.1) is 10.5 Å². The van der Waals surface area contributed by atoms with Crippen molar-refractivity contribution in [3.8, 4) is 18.3 Å². The number of nitriles is 2. The van der Waals surface area contributed by atoms with Gasteiger partial charge in [-0.2, -0.15) is 0 Å². The number of hydrogen-bond donors (Lipinski definition) is 0. The Morgan fingerprint density at radius 1 is 1.00 bits per heavy atom. The van der Waals surface area contributed by atoms with Gasteiger partial charge in [0.2, 0.25) is 0 Å². The molecule has 1 aromatic carbocycles. The third-order valence-corrected chi connectivity index (χ3v) is 3.32. The number of nitrogens with zero attached hydrogens (tertiary/aromatic N) is 2. The van der Waals surface area contributed by atoms with Crippen LogP contribution in [0.2, 0.25) is 0 Å². The summed E-state index contributed by atoms with van der Waals surface area (Å²) in [6.07, 6.45) is 11.8. The van der Waals surface area contributed by atoms with Crippen molar-refractivity contribution in [2.75, 3.05) is 0 Å². The van der Waals surface area contributed by atoms with E-state index in [2.05, 4.69) is 13.0 Å². The van der Waals surface area contributed by atoms with Crippen molar-refractivity contribution in [2.45, 2.75) is 19.3 Å². The zero-order valence-electron chi connectivity index (χ0n) is 11.6. The summed E-state index contributed by atoms with van der Waals surface area (Å²) in [7, 11) is 0. The van der Waals surface area contributed by atoms with Crippen molar-refractivity contribution in [2.24, 2.45) is 0 Å². The fourth-order valence-electron chi connectivity index (χ4n) is 2.14. The fraction of sp³-hybridized carbons (Fsp3) is 0.176. The number of benzene rings is 1. The van der Waals surface area contributed by atoms with Crippen molar-refractivity contribution in [1.29, 1.82) is 10.5 Å². The minimum Gasteiger partial charge on any atom is -0.388 e. The second-order valence-corrected chi connectivity index (χ2v) is 4.56. The Bertz CT molecular complexity index is 670. The van der Waals surface area contributed by atoms with E-state index in [1.54, 1.807) is 30.7 Å². The van der Waals surface area contributed by atoms with Crippen molar-refractivity contribution in [3.05, 3.63) is 65.5 Å². The van der Waals surface area contributed by atoms with Gasteiger partial charge < -0.3 is 9.47 Å². The lowest BCUT2D eigenvalue weighted by atomic mass is 9.92. The third-order valence-electron chi connectivity index (χ3n) is 3.32. The smallest absolute Gasteiger partial charge is 0.292 e. The van der Waals surface area contributed by atoms with Gasteiger partial charge in [-0.3, -0.25) is 0 Å². The summed E-state index contributed by atoms with van der Waals surface area (Å²) >= 11 is 0. The molecule has 0 aliphatic heterocycles. The summed E-state index contributed by atoms with van der Waals surface area (Å²) in [5, 5.41) is 17.0. The van der Waals surface area contributed by atoms with Crippen molar-refractivity contribution in [3.63, 3.8) is 0 Å². The summed E-state index contributed by atoms with van der Waals surface area (Å²) in [6, 6.07) is 7.44. The Labute approximate surface area is 123 Å². The average Bonchev–Trinajstić information content (AvgIpc) is 2.74. The topological polar surface area (TPSA) is 66.0 Å². The molecule has 4 nitrogen and oxygen atoms in total. The van der Waals surface area contributed by atoms with Crippen molar-refractivity contribution >= 4 is 0 Å². The standard InChI is InChI=1S/C17H14N2O2/c1-13(15-6-9-17(10-7-15)21-12-19)14-3-2-4-16(8-5-14)20-11-18/h3-10,13H,2H2,1H3. The van der Waals surface area contributed by atoms with Gasteiger partial charge in [0.05, 0.1) is 0 Å². The molecule has 0 N–H and O–H groups in total. The molecular weight excluding hydrogens is 264 g/mol. The molecule has 1 aliphatic carbocycles. The zero-order valence-corrected chi connectivity index (χ0v) is 11.6. The van der Waals surface area contributed by atoms with Crippen LogP contribution in [0, 0.1) is 23.0 Å². The largest absolute Gasteiger partial charge is 0.388 e. The molecule has 1 aromatic rings. The quantitative estimate of drug-likeness (QED) is 0.783. The Kier molecular flexibility index (Phi) is 4.79. The highest BCUT2D eigenvalue weighted by Gasteiger charge is 2.11. The van der Waals surface area contributed by atoms with E-state index in [9.17, 15) is 0 Å². The van der Waals surface area contributed by atoms with Gasteiger partial charge in [-0.1, -0.05) is 31.2 Å². The third kappa shape index (κ3) is 3.75. The predicted molar refractivity (Wildman–Crippen MR) is 77.7 cm³/mol. The minimum atomic E-state index is 0.201. The number of rotatable bonds is 4. The van der Waals surface area contributed by atoms with Crippen LogP contribution in [0.5, 0.6) is 5.75 Å². The molecule has 0 radical (unpaired) electrons. The van der Waals surface area contributed by atoms with E-state index in [0.29, 0.717) is 11.5 Å². The van der Waals surface area contributed by atoms with Crippen LogP contribution in [0.1, 0.15) is 24.8 Å². The SMILES string of the molecule is CC(C1=CCC=C(OC#N)C=C1)c1ccc(OC#N)cc1. The second-order valence-electron chi connectivity index (χ2n) is 4.56. The van der Waals surface area contributed by atoms with E-state index in [1.165, 1.54) is 0 Å². The van der Waals surface area contributed by atoms with Gasteiger partial charge in [-0.25, -0.2) is 0 Å². The van der Waals surface area contributed by atoms with Crippen LogP contribution in [-0.4, -0.2) is 0 Å². The molecule has 1 unspecified atom stereocenters. The maximum atomic E-state index is 8.53. The highest BCUT2D eigenvalue weighted by molar-refractivity contribution is 5.40. The molecule has 2 rings (SSSR count). The summed E-state index contributed by atoms with van der Waals surface area (Å²) in [6.45, 7) is 2.10. The van der Waals surface area contributed by atoms with Gasteiger partial charge in [0, 0.05) is 5.92 Å². The van der Waals surface area contributed by atoms with Crippen LogP contribution < -0.4 is 4.74 Å². The molecule has 104 valence electrons. The number of allylic oxidation sites excluding steroid dienone is 5. The van der Waals surface area contributed by atoms with Crippen LogP contribution in [0.15, 0.2) is 59.9 Å². The van der Waals surface area contributed by atoms with E-state index in [4.69, 9.17) is 20.0 Å². The number of hydrogen-bond acceptors (Lipinski definition) is 4. The van der Waals surface area contributed by atoms with Crippen LogP contribution >= 0.6 is 0 Å². The molecule has 0 saturated carbocycles. The van der Waals surface area contributed by atoms with Gasteiger partial charge in [0.25, 0.3) is 12.5 Å². The Morgan fingerprint density at radius 3 is 2.38 bits per heavy atom. The lowest BCUT2D eigenvalue weighted by molar-refractivity contribution is 0.391. The first-order valence-electron chi connectivity index (χ1n) is 6.54. The van der Waals surface area contributed by atoms with Gasteiger partial charge >= 0.3 is 0 Å². The van der Waals surface area contributed by atoms with E-state index < -0.39 is 0 Å². The highest BCUT2D eigenvalue weighted by Crippen LogP contribution is 2.28. The average molecular weight is 278 g/mol. The molecule has 0 aromatic heterocycles. The zero-order chi connectivity index (χ0) is 15.1. The number of ether oxygens (including phenoxy) is 2. The maximum absolute atomic E-state index is 8.53. The first-order chi connectivity index (χ1) is 10.2. The van der Waals surface area contributed by atoms with Crippen molar-refractivity contribution < 1.29 is 9.47 Å². The molecule has 1 aliphatic rings. The lowest BCUT2D eigenvalue weighted by Gasteiger charge is -2.13. The summed E-state index contributed by atoms with van der Waals surface area (Å²) < 4.78 is 9.61. The molecule has 4 heteroatoms. The highest BCUT2D eigenvalue weighted by atomic mass is 16.5. The van der Waals surface area contributed by atoms with Gasteiger partial charge in [0.15, 0.2) is 0 Å². The first kappa shape index (κ1) is 14.4. The molecule has 1 atom stereocenters. The molecule has 0 heterocycles. The molecule has 0 saturated heterocycles. The molecule has 0 amide bonds. The normalized spacial score (nSPS) is 14.8. The van der Waals surface area contributed by atoms with Crippen LogP contribution in [0.25, 0.3) is 0 Å². The van der Waals surface area contributed by atoms with E-state index in [-0.39, 0.29) is 5.92 Å². The minimum absolute atomic E-state index is 0.201. The Morgan fingerprint density at radius 2 is 1.71 bits per heavy atom. The monoisotopic (exact) mass is 278 g/mol. The molecule has 21 heavy (non-hydrogen) atoms. The Balaban J connectivity index is 2.12. The molecular formula is C17H14N2O2. The van der Waals surface area contributed by atoms with Crippen LogP contribution in [0.4, 0.5) is 0 Å². The molecule has 0 fully saturated rings. The maximum Gasteiger partial charge on any atom is 0.292 e. The lowest BCUT2D eigenvalue weighted by Crippen LogP contribution is -1.96. The molecule has 0 spiro atoms. The Hall–Kier alpha value is -2.98. The summed E-state index contributed by atoms with van der Waals surface area (Å²) in [5.74, 6) is 1.30. The fourth-order valence-corrected chi connectivity index (χ4v) is 2.14. The van der Waals surface area contributed by atoms with Gasteiger partial charge in [-0.05, 0) is 41.8 Å². The van der Waals surface area contributed by atoms with E-state index in [0.717, 1.165) is 17.6 Å². The summed E-state index contributed by atoms with van der Waals surface area (Å²) in [5.41, 5.74) is 2.28. The van der Waals surface area contributed by atoms with E-state index in [1.807, 2.05) is 24.3 Å². The van der Waals surface area contributed by atoms with Crippen LogP contribution in [-0.2, 0) is 4.74 Å². The molecule has 0 bridgehead atoms. The van der Waals surface area contributed by atoms with E-state index >= 15 is 0 Å².